The number of carbonyl (C=O) groups is 1. The number of ether oxygens (including phenoxy) is 1. The van der Waals surface area contributed by atoms with Gasteiger partial charge < -0.3 is 9.64 Å². The smallest absolute Gasteiger partial charge is 0.243 e. The molecule has 154 valence electrons. The van der Waals surface area contributed by atoms with Crippen LogP contribution in [0.25, 0.3) is 0 Å². The van der Waals surface area contributed by atoms with Crippen molar-refractivity contribution in [2.75, 3.05) is 26.3 Å². The van der Waals surface area contributed by atoms with Crippen molar-refractivity contribution in [3.63, 3.8) is 0 Å². The summed E-state index contributed by atoms with van der Waals surface area (Å²) in [5.74, 6) is -0.174. The highest BCUT2D eigenvalue weighted by molar-refractivity contribution is 7.89. The summed E-state index contributed by atoms with van der Waals surface area (Å²) in [7, 11) is -3.71. The van der Waals surface area contributed by atoms with E-state index < -0.39 is 15.8 Å². The molecule has 0 bridgehead atoms. The molecule has 0 aromatic heterocycles. The molecule has 1 aliphatic carbocycles. The van der Waals surface area contributed by atoms with Gasteiger partial charge in [0.25, 0.3) is 0 Å². The largest absolute Gasteiger partial charge is 0.381 e. The first-order chi connectivity index (χ1) is 13.5. The van der Waals surface area contributed by atoms with Gasteiger partial charge in [-0.3, -0.25) is 4.79 Å². The molecule has 28 heavy (non-hydrogen) atoms. The number of hydrogen-bond donors (Lipinski definition) is 0. The standard InChI is InChI=1S/C20H27FN2O4S/c21-16-2-1-3-19(14-16)28(25,26)22-10-6-17(7-11-22)23(20(24)15-4-5-15)18-8-12-27-13-9-18/h1-3,14-15,17-18H,4-13H2. The fourth-order valence-electron chi connectivity index (χ4n) is 4.30. The van der Waals surface area contributed by atoms with Crippen molar-refractivity contribution in [2.24, 2.45) is 5.92 Å². The third-order valence-electron chi connectivity index (χ3n) is 6.02. The maximum Gasteiger partial charge on any atom is 0.243 e. The van der Waals surface area contributed by atoms with Gasteiger partial charge in [-0.1, -0.05) is 6.07 Å². The molecule has 0 unspecified atom stereocenters. The van der Waals surface area contributed by atoms with Gasteiger partial charge in [-0.2, -0.15) is 4.31 Å². The molecule has 1 saturated carbocycles. The lowest BCUT2D eigenvalue weighted by molar-refractivity contribution is -0.141. The Hall–Kier alpha value is -1.51. The van der Waals surface area contributed by atoms with Gasteiger partial charge >= 0.3 is 0 Å². The molecule has 1 aromatic rings. The zero-order valence-electron chi connectivity index (χ0n) is 15.9. The van der Waals surface area contributed by atoms with Crippen molar-refractivity contribution < 1.29 is 22.3 Å². The van der Waals surface area contributed by atoms with Gasteiger partial charge in [-0.05, 0) is 56.7 Å². The summed E-state index contributed by atoms with van der Waals surface area (Å²) in [6.07, 6.45) is 4.85. The Balaban J connectivity index is 1.46. The van der Waals surface area contributed by atoms with Gasteiger partial charge in [-0.25, -0.2) is 12.8 Å². The van der Waals surface area contributed by atoms with Crippen LogP contribution in [-0.2, 0) is 19.6 Å². The van der Waals surface area contributed by atoms with Crippen LogP contribution in [0.5, 0.6) is 0 Å². The predicted molar refractivity (Wildman–Crippen MR) is 102 cm³/mol. The number of carbonyl (C=O) groups excluding carboxylic acids is 1. The van der Waals surface area contributed by atoms with E-state index in [0.29, 0.717) is 39.1 Å². The Kier molecular flexibility index (Phi) is 5.71. The van der Waals surface area contributed by atoms with Gasteiger partial charge in [0, 0.05) is 44.3 Å². The number of benzene rings is 1. The van der Waals surface area contributed by atoms with Crippen molar-refractivity contribution in [3.05, 3.63) is 30.1 Å². The van der Waals surface area contributed by atoms with E-state index in [1.54, 1.807) is 0 Å². The van der Waals surface area contributed by atoms with E-state index in [1.807, 2.05) is 0 Å². The predicted octanol–water partition coefficient (Wildman–Crippen LogP) is 2.40. The molecule has 0 radical (unpaired) electrons. The fraction of sp³-hybridized carbons (Fsp3) is 0.650. The summed E-state index contributed by atoms with van der Waals surface area (Å²) in [6, 6.07) is 5.40. The average molecular weight is 411 g/mol. The highest BCUT2D eigenvalue weighted by atomic mass is 32.2. The Labute approximate surface area is 165 Å². The molecular weight excluding hydrogens is 383 g/mol. The van der Waals surface area contributed by atoms with Gasteiger partial charge in [0.1, 0.15) is 5.82 Å². The van der Waals surface area contributed by atoms with E-state index in [1.165, 1.54) is 22.5 Å². The van der Waals surface area contributed by atoms with E-state index >= 15 is 0 Å². The lowest BCUT2D eigenvalue weighted by Gasteiger charge is -2.43. The second-order valence-electron chi connectivity index (χ2n) is 7.96. The van der Waals surface area contributed by atoms with E-state index in [4.69, 9.17) is 4.74 Å². The van der Waals surface area contributed by atoms with Gasteiger partial charge in [-0.15, -0.1) is 0 Å². The SMILES string of the molecule is O=C(C1CC1)N(C1CCOCC1)C1CCN(S(=O)(=O)c2cccc(F)c2)CC1. The van der Waals surface area contributed by atoms with Crippen LogP contribution >= 0.6 is 0 Å². The summed E-state index contributed by atoms with van der Waals surface area (Å²) < 4.78 is 46.0. The number of rotatable bonds is 5. The molecule has 3 aliphatic rings. The fourth-order valence-corrected chi connectivity index (χ4v) is 5.80. The molecule has 8 heteroatoms. The summed E-state index contributed by atoms with van der Waals surface area (Å²) in [6.45, 7) is 2.04. The van der Waals surface area contributed by atoms with Gasteiger partial charge in [0.15, 0.2) is 0 Å². The minimum atomic E-state index is -3.71. The molecular formula is C20H27FN2O4S. The second kappa shape index (κ2) is 8.08. The lowest BCUT2D eigenvalue weighted by atomic mass is 9.98. The average Bonchev–Trinajstić information content (AvgIpc) is 3.55. The van der Waals surface area contributed by atoms with E-state index in [-0.39, 0.29) is 28.8 Å². The third kappa shape index (κ3) is 4.09. The molecule has 2 saturated heterocycles. The first-order valence-corrected chi connectivity index (χ1v) is 11.6. The van der Waals surface area contributed by atoms with Crippen LogP contribution in [0.1, 0.15) is 38.5 Å². The van der Waals surface area contributed by atoms with Gasteiger partial charge in [0.05, 0.1) is 4.90 Å². The van der Waals surface area contributed by atoms with E-state index in [2.05, 4.69) is 4.90 Å². The van der Waals surface area contributed by atoms with Crippen molar-refractivity contribution in [1.29, 1.82) is 0 Å². The first-order valence-electron chi connectivity index (χ1n) is 10.1. The molecule has 3 fully saturated rings. The highest BCUT2D eigenvalue weighted by Crippen LogP contribution is 2.35. The number of halogens is 1. The number of amides is 1. The van der Waals surface area contributed by atoms with Gasteiger partial charge in [0.2, 0.25) is 15.9 Å². The minimum Gasteiger partial charge on any atom is -0.381 e. The second-order valence-corrected chi connectivity index (χ2v) is 9.89. The monoisotopic (exact) mass is 410 g/mol. The summed E-state index contributed by atoms with van der Waals surface area (Å²) in [4.78, 5) is 15.0. The maximum atomic E-state index is 13.5. The van der Waals surface area contributed by atoms with Crippen molar-refractivity contribution in [3.8, 4) is 0 Å². The van der Waals surface area contributed by atoms with Crippen molar-refractivity contribution in [2.45, 2.75) is 55.5 Å². The molecule has 0 spiro atoms. The lowest BCUT2D eigenvalue weighted by Crippen LogP contribution is -2.54. The number of hydrogen-bond acceptors (Lipinski definition) is 4. The molecule has 6 nitrogen and oxygen atoms in total. The Morgan fingerprint density at radius 3 is 2.29 bits per heavy atom. The molecule has 2 aliphatic heterocycles. The maximum absolute atomic E-state index is 13.5. The van der Waals surface area contributed by atoms with Crippen LogP contribution in [0.3, 0.4) is 0 Å². The minimum absolute atomic E-state index is 0.0127. The number of piperidine rings is 1. The summed E-state index contributed by atoms with van der Waals surface area (Å²) >= 11 is 0. The van der Waals surface area contributed by atoms with Crippen LogP contribution in [0, 0.1) is 11.7 Å². The highest BCUT2D eigenvalue weighted by Gasteiger charge is 2.41. The Morgan fingerprint density at radius 2 is 1.68 bits per heavy atom. The number of sulfonamides is 1. The van der Waals surface area contributed by atoms with E-state index in [0.717, 1.165) is 31.7 Å². The number of nitrogens with zero attached hydrogens (tertiary/aromatic N) is 2. The zero-order valence-corrected chi connectivity index (χ0v) is 16.7. The summed E-state index contributed by atoms with van der Waals surface area (Å²) in [5.41, 5.74) is 0. The normalized spacial score (nSPS) is 22.9. The van der Waals surface area contributed by atoms with Crippen molar-refractivity contribution in [1.82, 2.24) is 9.21 Å². The molecule has 2 heterocycles. The van der Waals surface area contributed by atoms with Crippen molar-refractivity contribution >= 4 is 15.9 Å². The molecule has 1 amide bonds. The topological polar surface area (TPSA) is 66.9 Å². The molecule has 0 N–H and O–H groups in total. The first kappa shape index (κ1) is 19.8. The quantitative estimate of drug-likeness (QED) is 0.748. The van der Waals surface area contributed by atoms with Crippen LogP contribution in [0.15, 0.2) is 29.2 Å². The van der Waals surface area contributed by atoms with Crippen LogP contribution in [0.4, 0.5) is 4.39 Å². The Morgan fingerprint density at radius 1 is 1.04 bits per heavy atom. The Bertz CT molecular complexity index is 813. The molecule has 0 atom stereocenters. The zero-order chi connectivity index (χ0) is 19.7. The molecule has 1 aromatic carbocycles. The van der Waals surface area contributed by atoms with E-state index in [9.17, 15) is 17.6 Å². The van der Waals surface area contributed by atoms with Crippen LogP contribution in [0.2, 0.25) is 0 Å². The van der Waals surface area contributed by atoms with Crippen LogP contribution < -0.4 is 0 Å². The van der Waals surface area contributed by atoms with Crippen LogP contribution in [-0.4, -0.2) is 61.9 Å². The third-order valence-corrected chi connectivity index (χ3v) is 7.91. The molecule has 4 rings (SSSR count). The summed E-state index contributed by atoms with van der Waals surface area (Å²) in [5, 5.41) is 0.